The molecule has 0 saturated carbocycles. The quantitative estimate of drug-likeness (QED) is 0.737. The van der Waals surface area contributed by atoms with E-state index in [4.69, 9.17) is 5.11 Å². The second-order valence-electron chi connectivity index (χ2n) is 5.21. The number of amides is 1. The van der Waals surface area contributed by atoms with Gasteiger partial charge in [-0.15, -0.1) is 12.4 Å². The lowest BCUT2D eigenvalue weighted by Crippen LogP contribution is -2.50. The molecule has 1 atom stereocenters. The molecule has 2 rings (SSSR count). The highest BCUT2D eigenvalue weighted by atomic mass is 35.5. The molecule has 2 N–H and O–H groups in total. The van der Waals surface area contributed by atoms with E-state index in [0.717, 1.165) is 24.6 Å². The zero-order valence-electron chi connectivity index (χ0n) is 12.7. The van der Waals surface area contributed by atoms with Crippen LogP contribution in [0.25, 0.3) is 0 Å². The molecule has 1 heterocycles. The smallest absolute Gasteiger partial charge is 0.240 e. The van der Waals surface area contributed by atoms with E-state index >= 15 is 0 Å². The molecule has 1 aromatic carbocycles. The summed E-state index contributed by atoms with van der Waals surface area (Å²) in [7, 11) is 0. The van der Waals surface area contributed by atoms with Crippen LogP contribution >= 0.6 is 24.2 Å². The van der Waals surface area contributed by atoms with E-state index in [2.05, 4.69) is 17.4 Å². The maximum atomic E-state index is 12.7. The number of carbonyl (C=O) groups excluding carboxylic acids is 1. The van der Waals surface area contributed by atoms with Gasteiger partial charge in [0.2, 0.25) is 5.91 Å². The van der Waals surface area contributed by atoms with E-state index < -0.39 is 0 Å². The van der Waals surface area contributed by atoms with Crippen molar-refractivity contribution in [2.75, 3.05) is 37.7 Å². The van der Waals surface area contributed by atoms with Crippen LogP contribution in [-0.4, -0.2) is 59.7 Å². The summed E-state index contributed by atoms with van der Waals surface area (Å²) in [5.41, 5.74) is 1.17. The Morgan fingerprint density at radius 3 is 2.59 bits per heavy atom. The van der Waals surface area contributed by atoms with Gasteiger partial charge in [0, 0.05) is 31.2 Å². The van der Waals surface area contributed by atoms with Gasteiger partial charge >= 0.3 is 0 Å². The zero-order valence-corrected chi connectivity index (χ0v) is 14.4. The highest BCUT2D eigenvalue weighted by Crippen LogP contribution is 2.12. The third-order valence-electron chi connectivity index (χ3n) is 3.63. The Hall–Kier alpha value is -0.750. The number of halogens is 1. The van der Waals surface area contributed by atoms with Gasteiger partial charge in [-0.05, 0) is 24.9 Å². The van der Waals surface area contributed by atoms with Crippen LogP contribution in [0.1, 0.15) is 12.0 Å². The van der Waals surface area contributed by atoms with Gasteiger partial charge < -0.3 is 15.3 Å². The SMILES string of the molecule is Cl.O=C([C@H](Cc1ccccc1)NCCCO)N1CCSCC1. The molecule has 1 aliphatic rings. The van der Waals surface area contributed by atoms with Gasteiger partial charge in [-0.1, -0.05) is 30.3 Å². The number of thioether (sulfide) groups is 1. The summed E-state index contributed by atoms with van der Waals surface area (Å²) in [5.74, 6) is 2.25. The third kappa shape index (κ3) is 6.16. The Morgan fingerprint density at radius 1 is 1.27 bits per heavy atom. The number of hydrogen-bond donors (Lipinski definition) is 2. The molecule has 0 unspecified atom stereocenters. The van der Waals surface area contributed by atoms with E-state index in [9.17, 15) is 4.79 Å². The van der Waals surface area contributed by atoms with Crippen LogP contribution in [0.3, 0.4) is 0 Å². The van der Waals surface area contributed by atoms with Crippen LogP contribution < -0.4 is 5.32 Å². The fraction of sp³-hybridized carbons (Fsp3) is 0.562. The van der Waals surface area contributed by atoms with Gasteiger partial charge in [0.15, 0.2) is 0 Å². The summed E-state index contributed by atoms with van der Waals surface area (Å²) >= 11 is 1.91. The summed E-state index contributed by atoms with van der Waals surface area (Å²) in [6.45, 7) is 2.51. The highest BCUT2D eigenvalue weighted by Gasteiger charge is 2.25. The number of aliphatic hydroxyl groups excluding tert-OH is 1. The minimum Gasteiger partial charge on any atom is -0.396 e. The van der Waals surface area contributed by atoms with Crippen molar-refractivity contribution in [1.82, 2.24) is 10.2 Å². The van der Waals surface area contributed by atoms with Gasteiger partial charge in [0.1, 0.15) is 0 Å². The topological polar surface area (TPSA) is 52.6 Å². The average Bonchev–Trinajstić information content (AvgIpc) is 2.55. The van der Waals surface area contributed by atoms with E-state index in [-0.39, 0.29) is 31.0 Å². The van der Waals surface area contributed by atoms with Crippen molar-refractivity contribution in [2.45, 2.75) is 18.9 Å². The second-order valence-corrected chi connectivity index (χ2v) is 6.44. The highest BCUT2D eigenvalue weighted by molar-refractivity contribution is 7.99. The molecule has 0 aliphatic carbocycles. The Bertz CT molecular complexity index is 427. The predicted molar refractivity (Wildman–Crippen MR) is 94.8 cm³/mol. The normalized spacial score (nSPS) is 16.0. The van der Waals surface area contributed by atoms with E-state index in [1.165, 1.54) is 5.56 Å². The van der Waals surface area contributed by atoms with Crippen molar-refractivity contribution in [3.05, 3.63) is 35.9 Å². The Kier molecular flexibility index (Phi) is 9.55. The fourth-order valence-corrected chi connectivity index (χ4v) is 3.36. The molecule has 22 heavy (non-hydrogen) atoms. The summed E-state index contributed by atoms with van der Waals surface area (Å²) in [6.07, 6.45) is 1.38. The zero-order chi connectivity index (χ0) is 14.9. The first kappa shape index (κ1) is 19.3. The summed E-state index contributed by atoms with van der Waals surface area (Å²) in [5, 5.41) is 12.2. The van der Waals surface area contributed by atoms with Crippen LogP contribution in [0, 0.1) is 0 Å². The van der Waals surface area contributed by atoms with Crippen molar-refractivity contribution in [1.29, 1.82) is 0 Å². The number of rotatable bonds is 7. The molecule has 0 radical (unpaired) electrons. The lowest BCUT2D eigenvalue weighted by atomic mass is 10.0. The van der Waals surface area contributed by atoms with E-state index in [1.54, 1.807) is 0 Å². The van der Waals surface area contributed by atoms with Gasteiger partial charge in [-0.3, -0.25) is 4.79 Å². The molecule has 1 aromatic rings. The molecule has 1 saturated heterocycles. The van der Waals surface area contributed by atoms with Crippen LogP contribution in [-0.2, 0) is 11.2 Å². The van der Waals surface area contributed by atoms with Gasteiger partial charge in [-0.25, -0.2) is 0 Å². The Labute approximate surface area is 143 Å². The third-order valence-corrected chi connectivity index (χ3v) is 4.57. The molecule has 0 aromatic heterocycles. The van der Waals surface area contributed by atoms with Crippen molar-refractivity contribution >= 4 is 30.1 Å². The molecular formula is C16H25ClN2O2S. The minimum absolute atomic E-state index is 0. The van der Waals surface area contributed by atoms with E-state index in [0.29, 0.717) is 19.4 Å². The Balaban J connectivity index is 0.00000242. The number of carbonyl (C=O) groups is 1. The number of nitrogens with zero attached hydrogens (tertiary/aromatic N) is 1. The van der Waals surface area contributed by atoms with Gasteiger partial charge in [-0.2, -0.15) is 11.8 Å². The van der Waals surface area contributed by atoms with Gasteiger partial charge in [0.05, 0.1) is 6.04 Å². The summed E-state index contributed by atoms with van der Waals surface area (Å²) in [6, 6.07) is 9.91. The molecule has 6 heteroatoms. The molecule has 1 fully saturated rings. The van der Waals surface area contributed by atoms with Crippen LogP contribution in [0.2, 0.25) is 0 Å². The number of hydrogen-bond acceptors (Lipinski definition) is 4. The van der Waals surface area contributed by atoms with Crippen molar-refractivity contribution in [3.8, 4) is 0 Å². The fourth-order valence-electron chi connectivity index (χ4n) is 2.46. The first-order chi connectivity index (χ1) is 10.3. The first-order valence-corrected chi connectivity index (χ1v) is 8.71. The first-order valence-electron chi connectivity index (χ1n) is 7.56. The lowest BCUT2D eigenvalue weighted by molar-refractivity contribution is -0.133. The van der Waals surface area contributed by atoms with Crippen molar-refractivity contribution in [3.63, 3.8) is 0 Å². The maximum Gasteiger partial charge on any atom is 0.240 e. The molecule has 1 amide bonds. The lowest BCUT2D eigenvalue weighted by Gasteiger charge is -2.30. The molecule has 1 aliphatic heterocycles. The van der Waals surface area contributed by atoms with Crippen molar-refractivity contribution < 1.29 is 9.90 Å². The molecule has 124 valence electrons. The van der Waals surface area contributed by atoms with Crippen LogP contribution in [0.15, 0.2) is 30.3 Å². The molecule has 0 spiro atoms. The minimum atomic E-state index is -0.193. The summed E-state index contributed by atoms with van der Waals surface area (Å²) < 4.78 is 0. The molecule has 4 nitrogen and oxygen atoms in total. The summed E-state index contributed by atoms with van der Waals surface area (Å²) in [4.78, 5) is 14.7. The number of aliphatic hydroxyl groups is 1. The largest absolute Gasteiger partial charge is 0.396 e. The Morgan fingerprint density at radius 2 is 1.95 bits per heavy atom. The molecular weight excluding hydrogens is 320 g/mol. The maximum absolute atomic E-state index is 12.7. The average molecular weight is 345 g/mol. The predicted octanol–water partition coefficient (Wildman–Crippen LogP) is 1.57. The second kappa shape index (κ2) is 10.9. The number of benzene rings is 1. The van der Waals surface area contributed by atoms with E-state index in [1.807, 2.05) is 34.9 Å². The number of nitrogens with one attached hydrogen (secondary N) is 1. The van der Waals surface area contributed by atoms with Crippen LogP contribution in [0.5, 0.6) is 0 Å². The van der Waals surface area contributed by atoms with Crippen molar-refractivity contribution in [2.24, 2.45) is 0 Å². The monoisotopic (exact) mass is 344 g/mol. The molecule has 0 bridgehead atoms. The van der Waals surface area contributed by atoms with Crippen LogP contribution in [0.4, 0.5) is 0 Å². The standard InChI is InChI=1S/C16H24N2O2S.ClH/c19-10-4-7-17-15(13-14-5-2-1-3-6-14)16(20)18-8-11-21-12-9-18;/h1-3,5-6,15,17,19H,4,7-13H2;1H/t15-;/m0./s1. The van der Waals surface area contributed by atoms with Gasteiger partial charge in [0.25, 0.3) is 0 Å².